The van der Waals surface area contributed by atoms with E-state index in [1.54, 1.807) is 24.3 Å². The number of nitrogens with one attached hydrogen (secondary N) is 1. The van der Waals surface area contributed by atoms with Crippen molar-refractivity contribution in [3.05, 3.63) is 81.1 Å². The van der Waals surface area contributed by atoms with Crippen molar-refractivity contribution in [2.75, 3.05) is 11.9 Å². The van der Waals surface area contributed by atoms with E-state index in [1.807, 2.05) is 30.3 Å². The lowest BCUT2D eigenvalue weighted by molar-refractivity contribution is -0.141. The SMILES string of the molecule is O=C(Nc1ccc(Cl)c(Cl)c1)C1CCCCN1C(=O)Cn1nc(-c2ccccc2)ccc1=O. The molecule has 170 valence electrons. The first-order chi connectivity index (χ1) is 15.9. The average molecular weight is 485 g/mol. The fourth-order valence-corrected chi connectivity index (χ4v) is 4.14. The first-order valence-electron chi connectivity index (χ1n) is 10.6. The second-order valence-electron chi connectivity index (χ2n) is 7.80. The predicted molar refractivity (Wildman–Crippen MR) is 128 cm³/mol. The molecule has 2 heterocycles. The Balaban J connectivity index is 1.51. The van der Waals surface area contributed by atoms with Gasteiger partial charge in [0, 0.05) is 23.9 Å². The Morgan fingerprint density at radius 3 is 2.55 bits per heavy atom. The summed E-state index contributed by atoms with van der Waals surface area (Å²) < 4.78 is 1.15. The fourth-order valence-electron chi connectivity index (χ4n) is 3.85. The lowest BCUT2D eigenvalue weighted by Crippen LogP contribution is -2.51. The third-order valence-electron chi connectivity index (χ3n) is 5.53. The number of halogens is 2. The number of anilines is 1. The summed E-state index contributed by atoms with van der Waals surface area (Å²) >= 11 is 12.0. The normalized spacial score (nSPS) is 15.8. The van der Waals surface area contributed by atoms with E-state index in [9.17, 15) is 14.4 Å². The first-order valence-corrected chi connectivity index (χ1v) is 11.4. The van der Waals surface area contributed by atoms with E-state index in [4.69, 9.17) is 23.2 Å². The van der Waals surface area contributed by atoms with E-state index in [0.717, 1.165) is 23.1 Å². The topological polar surface area (TPSA) is 84.3 Å². The Hall–Kier alpha value is -3.16. The number of piperidine rings is 1. The number of hydrogen-bond acceptors (Lipinski definition) is 4. The minimum Gasteiger partial charge on any atom is -0.329 e. The summed E-state index contributed by atoms with van der Waals surface area (Å²) in [6, 6.07) is 16.6. The van der Waals surface area contributed by atoms with Crippen molar-refractivity contribution >= 4 is 40.7 Å². The molecule has 1 unspecified atom stereocenters. The zero-order valence-corrected chi connectivity index (χ0v) is 19.2. The van der Waals surface area contributed by atoms with Crippen LogP contribution in [0, 0.1) is 0 Å². The lowest BCUT2D eigenvalue weighted by Gasteiger charge is -2.34. The van der Waals surface area contributed by atoms with Crippen molar-refractivity contribution in [2.45, 2.75) is 31.8 Å². The minimum absolute atomic E-state index is 0.240. The monoisotopic (exact) mass is 484 g/mol. The Bertz CT molecular complexity index is 1230. The summed E-state index contributed by atoms with van der Waals surface area (Å²) in [5.41, 5.74) is 1.56. The second-order valence-corrected chi connectivity index (χ2v) is 8.61. The predicted octanol–water partition coefficient (Wildman–Crippen LogP) is 4.24. The van der Waals surface area contributed by atoms with Gasteiger partial charge in [-0.3, -0.25) is 14.4 Å². The molecule has 0 aliphatic carbocycles. The maximum atomic E-state index is 13.1. The number of rotatable bonds is 5. The van der Waals surface area contributed by atoms with Gasteiger partial charge in [-0.15, -0.1) is 0 Å². The maximum Gasteiger partial charge on any atom is 0.267 e. The zero-order valence-electron chi connectivity index (χ0n) is 17.7. The molecule has 1 aromatic heterocycles. The number of nitrogens with zero attached hydrogens (tertiary/aromatic N) is 3. The molecular weight excluding hydrogens is 463 g/mol. The number of amides is 2. The molecule has 1 fully saturated rings. The van der Waals surface area contributed by atoms with Crippen molar-refractivity contribution < 1.29 is 9.59 Å². The van der Waals surface area contributed by atoms with E-state index < -0.39 is 6.04 Å². The molecule has 2 aromatic carbocycles. The number of hydrogen-bond donors (Lipinski definition) is 1. The standard InChI is InChI=1S/C24H22Cl2N4O3/c25-18-10-9-17(14-19(18)26)27-24(33)21-8-4-5-13-29(21)23(32)15-30-22(31)12-11-20(28-30)16-6-2-1-3-7-16/h1-3,6-7,9-12,14,21H,4-5,8,13,15H2,(H,27,33). The number of aromatic nitrogens is 2. The van der Waals surface area contributed by atoms with Gasteiger partial charge in [-0.1, -0.05) is 53.5 Å². The minimum atomic E-state index is -0.645. The van der Waals surface area contributed by atoms with Gasteiger partial charge in [0.15, 0.2) is 0 Å². The molecule has 1 saturated heterocycles. The zero-order chi connectivity index (χ0) is 23.4. The molecule has 9 heteroatoms. The van der Waals surface area contributed by atoms with Crippen LogP contribution in [0.15, 0.2) is 65.5 Å². The number of benzene rings is 2. The summed E-state index contributed by atoms with van der Waals surface area (Å²) in [6.45, 7) is 0.196. The largest absolute Gasteiger partial charge is 0.329 e. The number of carbonyl (C=O) groups excluding carboxylic acids is 2. The van der Waals surface area contributed by atoms with Gasteiger partial charge < -0.3 is 10.2 Å². The summed E-state index contributed by atoms with van der Waals surface area (Å²) in [4.78, 5) is 40.0. The highest BCUT2D eigenvalue weighted by molar-refractivity contribution is 6.42. The summed E-state index contributed by atoms with van der Waals surface area (Å²) in [7, 11) is 0. The fraction of sp³-hybridized carbons (Fsp3) is 0.250. The molecule has 0 saturated carbocycles. The molecule has 0 radical (unpaired) electrons. The van der Waals surface area contributed by atoms with Crippen molar-refractivity contribution in [2.24, 2.45) is 0 Å². The Kier molecular flexibility index (Phi) is 7.11. The number of likely N-dealkylation sites (tertiary alicyclic amines) is 1. The van der Waals surface area contributed by atoms with E-state index in [-0.39, 0.29) is 23.9 Å². The average Bonchev–Trinajstić information content (AvgIpc) is 2.83. The van der Waals surface area contributed by atoms with Crippen molar-refractivity contribution in [1.29, 1.82) is 0 Å². The summed E-state index contributed by atoms with van der Waals surface area (Å²) in [5.74, 6) is -0.636. The molecular formula is C24H22Cl2N4O3. The van der Waals surface area contributed by atoms with Crippen LogP contribution >= 0.6 is 23.2 Å². The maximum absolute atomic E-state index is 13.1. The van der Waals surface area contributed by atoms with E-state index in [1.165, 1.54) is 11.0 Å². The molecule has 3 aromatic rings. The number of carbonyl (C=O) groups is 2. The Morgan fingerprint density at radius 1 is 1.00 bits per heavy atom. The molecule has 4 rings (SSSR count). The third kappa shape index (κ3) is 5.43. The Labute approximate surface area is 200 Å². The molecule has 1 N–H and O–H groups in total. The van der Waals surface area contributed by atoms with Crippen LogP contribution in [0.25, 0.3) is 11.3 Å². The van der Waals surface area contributed by atoms with E-state index in [2.05, 4.69) is 10.4 Å². The van der Waals surface area contributed by atoms with Crippen LogP contribution in [-0.4, -0.2) is 39.1 Å². The van der Waals surface area contributed by atoms with Gasteiger partial charge in [0.2, 0.25) is 11.8 Å². The molecule has 0 bridgehead atoms. The van der Waals surface area contributed by atoms with Crippen molar-refractivity contribution in [3.63, 3.8) is 0 Å². The molecule has 2 amide bonds. The molecule has 33 heavy (non-hydrogen) atoms. The van der Waals surface area contributed by atoms with Gasteiger partial charge in [0.1, 0.15) is 12.6 Å². The Morgan fingerprint density at radius 2 is 1.79 bits per heavy atom. The molecule has 1 aliphatic heterocycles. The van der Waals surface area contributed by atoms with Crippen LogP contribution in [0.3, 0.4) is 0 Å². The summed E-state index contributed by atoms with van der Waals surface area (Å²) in [5, 5.41) is 7.89. The van der Waals surface area contributed by atoms with Crippen LogP contribution < -0.4 is 10.9 Å². The summed E-state index contributed by atoms with van der Waals surface area (Å²) in [6.07, 6.45) is 2.14. The smallest absolute Gasteiger partial charge is 0.267 e. The van der Waals surface area contributed by atoms with Crippen LogP contribution in [0.4, 0.5) is 5.69 Å². The molecule has 1 atom stereocenters. The highest BCUT2D eigenvalue weighted by Crippen LogP contribution is 2.26. The van der Waals surface area contributed by atoms with Crippen LogP contribution in [0.2, 0.25) is 10.0 Å². The van der Waals surface area contributed by atoms with Gasteiger partial charge in [-0.25, -0.2) is 4.68 Å². The molecule has 1 aliphatic rings. The van der Waals surface area contributed by atoms with Crippen molar-refractivity contribution in [3.8, 4) is 11.3 Å². The van der Waals surface area contributed by atoms with Crippen LogP contribution in [-0.2, 0) is 16.1 Å². The van der Waals surface area contributed by atoms with E-state index >= 15 is 0 Å². The second kappa shape index (κ2) is 10.2. The molecule has 7 nitrogen and oxygen atoms in total. The van der Waals surface area contributed by atoms with Crippen LogP contribution in [0.1, 0.15) is 19.3 Å². The van der Waals surface area contributed by atoms with E-state index in [0.29, 0.717) is 34.4 Å². The molecule has 0 spiro atoms. The van der Waals surface area contributed by atoms with Crippen molar-refractivity contribution in [1.82, 2.24) is 14.7 Å². The third-order valence-corrected chi connectivity index (χ3v) is 6.27. The lowest BCUT2D eigenvalue weighted by atomic mass is 10.0. The van der Waals surface area contributed by atoms with Gasteiger partial charge in [0.25, 0.3) is 5.56 Å². The van der Waals surface area contributed by atoms with Gasteiger partial charge in [-0.05, 0) is 43.5 Å². The highest BCUT2D eigenvalue weighted by atomic mass is 35.5. The van der Waals surface area contributed by atoms with Gasteiger partial charge in [0.05, 0.1) is 15.7 Å². The van der Waals surface area contributed by atoms with Crippen LogP contribution in [0.5, 0.6) is 0 Å². The first kappa shape index (κ1) is 23.0. The quantitative estimate of drug-likeness (QED) is 0.586. The highest BCUT2D eigenvalue weighted by Gasteiger charge is 2.32. The van der Waals surface area contributed by atoms with Gasteiger partial charge in [-0.2, -0.15) is 5.10 Å². The van der Waals surface area contributed by atoms with Gasteiger partial charge >= 0.3 is 0 Å².